The van der Waals surface area contributed by atoms with Crippen molar-refractivity contribution in [3.05, 3.63) is 23.8 Å². The van der Waals surface area contributed by atoms with E-state index in [2.05, 4.69) is 48.1 Å². The van der Waals surface area contributed by atoms with E-state index in [1.165, 1.54) is 60.5 Å². The first kappa shape index (κ1) is 58.3. The molecule has 0 saturated heterocycles. The van der Waals surface area contributed by atoms with Gasteiger partial charge >= 0.3 is 5.97 Å². The van der Waals surface area contributed by atoms with Crippen LogP contribution in [0.25, 0.3) is 0 Å². The summed E-state index contributed by atoms with van der Waals surface area (Å²) in [5.74, 6) is 4.56. The van der Waals surface area contributed by atoms with Gasteiger partial charge in [-0.2, -0.15) is 19.8 Å². The fourth-order valence-electron chi connectivity index (χ4n) is 18.0. The summed E-state index contributed by atoms with van der Waals surface area (Å²) >= 11 is 0. The van der Waals surface area contributed by atoms with Gasteiger partial charge in [-0.15, -0.1) is 10.2 Å². The van der Waals surface area contributed by atoms with Gasteiger partial charge in [0, 0.05) is 23.8 Å². The first-order valence-electron chi connectivity index (χ1n) is 28.6. The first-order chi connectivity index (χ1) is 33.8. The average Bonchev–Trinajstić information content (AvgIpc) is 4.08. The monoisotopic (exact) mass is 1030 g/mol. The van der Waals surface area contributed by atoms with Crippen LogP contribution in [0.3, 0.4) is 0 Å². The van der Waals surface area contributed by atoms with Crippen LogP contribution in [0.4, 0.5) is 0 Å². The maximum Gasteiger partial charge on any atom is 0.358 e. The molecule has 2 heterocycles. The Kier molecular flexibility index (Phi) is 16.4. The number of rotatable bonds is 9. The molecule has 0 aliphatic heterocycles. The molecule has 74 heavy (non-hydrogen) atoms. The molecule has 10 rings (SSSR count). The molecule has 2 aromatic heterocycles. The minimum absolute atomic E-state index is 0. The molecule has 2 aromatic rings. The van der Waals surface area contributed by atoms with E-state index in [0.717, 1.165) is 83.0 Å². The van der Waals surface area contributed by atoms with Crippen LogP contribution in [0, 0.1) is 86.3 Å². The fourth-order valence-corrected chi connectivity index (χ4v) is 18.0. The van der Waals surface area contributed by atoms with Gasteiger partial charge in [-0.3, -0.25) is 14.4 Å². The molecule has 5 N–H and O–H groups in total. The van der Waals surface area contributed by atoms with Crippen molar-refractivity contribution in [2.45, 2.75) is 242 Å². The number of fused-ring (bicyclic) bond motifs is 10. The molecule has 14 heteroatoms. The van der Waals surface area contributed by atoms with Gasteiger partial charge in [0.05, 0.1) is 23.6 Å². The summed E-state index contributed by atoms with van der Waals surface area (Å²) in [5, 5.41) is 47.1. The number of carboxylic acids is 1. The number of nitrogens with two attached hydrogens (primary N) is 1. The van der Waals surface area contributed by atoms with Crippen LogP contribution < -0.4 is 5.73 Å². The van der Waals surface area contributed by atoms with Crippen LogP contribution in [-0.2, 0) is 22.7 Å². The number of aliphatic hydroxyl groups is 2. The smallest absolute Gasteiger partial charge is 0.358 e. The summed E-state index contributed by atoms with van der Waals surface area (Å²) in [6, 6.07) is 0. The van der Waals surface area contributed by atoms with Crippen molar-refractivity contribution in [1.82, 2.24) is 30.0 Å². The highest BCUT2D eigenvalue weighted by molar-refractivity contribution is 5.94. The van der Waals surface area contributed by atoms with Gasteiger partial charge in [0.25, 0.3) is 0 Å². The van der Waals surface area contributed by atoms with E-state index in [4.69, 9.17) is 10.8 Å². The number of nitrogens with zero attached hydrogens (tertiary/aromatic N) is 6. The zero-order chi connectivity index (χ0) is 53.5. The second-order valence-corrected chi connectivity index (χ2v) is 29.3. The van der Waals surface area contributed by atoms with Gasteiger partial charge in [-0.05, 0) is 225 Å². The SMILES string of the molecule is C.CC(C)(C)CC(=O)c1cnn(CC(=O)[C@H]2CC[C@H]3[C@@H]4CC[C@@H]5C[C@](C)(O)CC[C@]5(C)[C@H]4CC[C@]23C)n1.CC(C)(C)N.C[C@@]1(O)CC[C@@]2(C)[C@H](CC[C@@H]3[C@@H]2CC[C@]2(C)[C@@H](C(=O)Cn4ncc(C(=O)O)n4)CC[C@@H]32)C1. The highest BCUT2D eigenvalue weighted by Gasteiger charge is 2.63. The Morgan fingerprint density at radius 3 is 1.32 bits per heavy atom. The van der Waals surface area contributed by atoms with Crippen LogP contribution in [-0.4, -0.2) is 85.4 Å². The molecule has 0 aromatic carbocycles. The van der Waals surface area contributed by atoms with Gasteiger partial charge in [0.1, 0.15) is 18.8 Å². The van der Waals surface area contributed by atoms with Crippen molar-refractivity contribution in [3.8, 4) is 0 Å². The number of Topliss-reactive ketones (excluding diaryl/α,β-unsaturated/α-hetero) is 3. The number of hydrogen-bond acceptors (Lipinski definition) is 11. The Morgan fingerprint density at radius 2 is 0.946 bits per heavy atom. The lowest BCUT2D eigenvalue weighted by atomic mass is 9.44. The molecule has 0 bridgehead atoms. The molecule has 8 fully saturated rings. The zero-order valence-electron chi connectivity index (χ0n) is 47.0. The number of carbonyl (C=O) groups is 4. The summed E-state index contributed by atoms with van der Waals surface area (Å²) < 4.78 is 0. The van der Waals surface area contributed by atoms with E-state index in [9.17, 15) is 29.4 Å². The summed E-state index contributed by atoms with van der Waals surface area (Å²) in [6.45, 7) is 26.0. The summed E-state index contributed by atoms with van der Waals surface area (Å²) in [6.07, 6.45) is 22.8. The zero-order valence-corrected chi connectivity index (χ0v) is 47.0. The molecule has 14 nitrogen and oxygen atoms in total. The molecule has 0 unspecified atom stereocenters. The largest absolute Gasteiger partial charge is 0.476 e. The van der Waals surface area contributed by atoms with Crippen molar-refractivity contribution in [3.63, 3.8) is 0 Å². The highest BCUT2D eigenvalue weighted by atomic mass is 16.4. The first-order valence-corrected chi connectivity index (χ1v) is 28.6. The molecule has 8 aliphatic rings. The lowest BCUT2D eigenvalue weighted by molar-refractivity contribution is -0.151. The third-order valence-electron chi connectivity index (χ3n) is 21.5. The van der Waals surface area contributed by atoms with E-state index in [1.807, 2.05) is 55.4 Å². The maximum absolute atomic E-state index is 13.6. The van der Waals surface area contributed by atoms with Gasteiger partial charge in [-0.25, -0.2) is 4.79 Å². The average molecular weight is 1030 g/mol. The molecular weight excluding hydrogens is 931 g/mol. The van der Waals surface area contributed by atoms with E-state index < -0.39 is 17.2 Å². The van der Waals surface area contributed by atoms with Crippen LogP contribution in [0.2, 0.25) is 0 Å². The van der Waals surface area contributed by atoms with Crippen LogP contribution in [0.1, 0.15) is 233 Å². The minimum atomic E-state index is -1.12. The Balaban J connectivity index is 0.000000197. The lowest BCUT2D eigenvalue weighted by Crippen LogP contribution is -2.55. The highest BCUT2D eigenvalue weighted by Crippen LogP contribution is 2.70. The van der Waals surface area contributed by atoms with Gasteiger partial charge < -0.3 is 21.1 Å². The third kappa shape index (κ3) is 11.7. The summed E-state index contributed by atoms with van der Waals surface area (Å²) in [7, 11) is 0. The second kappa shape index (κ2) is 20.8. The Morgan fingerprint density at radius 1 is 0.568 bits per heavy atom. The standard InChI is InChI=1S/C30H47N3O3.C25H37N3O4.C4H11N.CH4/c1-27(2,3)16-25(34)24-17-31-33(32-24)18-26(35)23-10-9-21-20-8-7-19-15-28(4,36)13-14-29(19,5)22(20)11-12-30(21,23)6;1-23(32)10-11-24(2)15(12-23)4-5-16-17-6-7-19(25(17,3)9-8-18(16)24)21(29)14-28-26-13-20(27-28)22(30)31;1-4(2,3)5;/h17,19-23,36H,7-16,18H2,1-6H3;13,15-19,32H,4-12,14H2,1-3H3,(H,30,31);5H2,1-3H3;1H4/t19-,20+,21+,22+,23-,28-,29+,30+;15-,16+,17+,18+,19-,23-,24+,25+;;/m11../s1. The Hall–Kier alpha value is -3.36. The van der Waals surface area contributed by atoms with Crippen LogP contribution in [0.5, 0.6) is 0 Å². The number of carboxylic acid groups (broad SMARTS) is 1. The predicted molar refractivity (Wildman–Crippen MR) is 288 cm³/mol. The molecule has 0 amide bonds. The fraction of sp³-hybridized carbons (Fsp3) is 0.867. The molecule has 16 atom stereocenters. The van der Waals surface area contributed by atoms with E-state index in [0.29, 0.717) is 64.4 Å². The molecule has 416 valence electrons. The van der Waals surface area contributed by atoms with Crippen molar-refractivity contribution in [2.24, 2.45) is 92.0 Å². The van der Waals surface area contributed by atoms with Gasteiger partial charge in [-0.1, -0.05) is 55.9 Å². The summed E-state index contributed by atoms with van der Waals surface area (Å²) in [5.41, 5.74) is 5.22. The summed E-state index contributed by atoms with van der Waals surface area (Å²) in [4.78, 5) is 53.2. The normalized spacial score (nSPS) is 41.1. The molecule has 8 saturated carbocycles. The van der Waals surface area contributed by atoms with Gasteiger partial charge in [0.2, 0.25) is 0 Å². The molecule has 0 radical (unpaired) electrons. The number of hydrogen-bond donors (Lipinski definition) is 4. The Bertz CT molecular complexity index is 2350. The number of ketones is 3. The van der Waals surface area contributed by atoms with Crippen molar-refractivity contribution >= 4 is 23.3 Å². The quantitative estimate of drug-likeness (QED) is 0.173. The number of carbonyl (C=O) groups excluding carboxylic acids is 3. The topological polar surface area (TPSA) is 216 Å². The number of aromatic nitrogens is 6. The van der Waals surface area contributed by atoms with Gasteiger partial charge in [0.15, 0.2) is 23.0 Å². The van der Waals surface area contributed by atoms with E-state index in [-0.39, 0.29) is 77.2 Å². The number of aromatic carboxylic acids is 1. The minimum Gasteiger partial charge on any atom is -0.476 e. The third-order valence-corrected chi connectivity index (χ3v) is 21.5. The van der Waals surface area contributed by atoms with Crippen LogP contribution >= 0.6 is 0 Å². The van der Waals surface area contributed by atoms with Crippen LogP contribution in [0.15, 0.2) is 12.4 Å². The predicted octanol–water partition coefficient (Wildman–Crippen LogP) is 11.2. The molecule has 8 aliphatic carbocycles. The Labute approximate surface area is 444 Å². The second-order valence-electron chi connectivity index (χ2n) is 29.3. The van der Waals surface area contributed by atoms with Crippen molar-refractivity contribution in [2.75, 3.05) is 0 Å². The molecular formula is C60H99N7O7. The maximum atomic E-state index is 13.6. The van der Waals surface area contributed by atoms with E-state index >= 15 is 0 Å². The van der Waals surface area contributed by atoms with Crippen molar-refractivity contribution in [1.29, 1.82) is 0 Å². The van der Waals surface area contributed by atoms with Crippen molar-refractivity contribution < 1.29 is 34.5 Å². The van der Waals surface area contributed by atoms with E-state index in [1.54, 1.807) is 0 Å². The molecule has 0 spiro atoms. The lowest BCUT2D eigenvalue weighted by Gasteiger charge is -2.61.